The number of hydrazine groups is 1. The molecule has 0 unspecified atom stereocenters. The molecule has 0 radical (unpaired) electrons. The highest BCUT2D eigenvalue weighted by Gasteiger charge is 2.09. The Labute approximate surface area is 113 Å². The standard InChI is InChI=1S/C11H15BrF2N4/c1-6(2)5-16-11(18-15)17-10-4-8(13)7(12)3-9(10)14/h3-4,6H,5,15H2,1-2H3,(H2,16,17,18). The zero-order chi connectivity index (χ0) is 13.7. The highest BCUT2D eigenvalue weighted by Crippen LogP contribution is 2.23. The molecule has 1 rings (SSSR count). The van der Waals surface area contributed by atoms with Gasteiger partial charge in [-0.2, -0.15) is 0 Å². The second-order valence-electron chi connectivity index (χ2n) is 4.10. The van der Waals surface area contributed by atoms with Crippen molar-refractivity contribution in [1.29, 1.82) is 0 Å². The zero-order valence-electron chi connectivity index (χ0n) is 10.1. The van der Waals surface area contributed by atoms with E-state index in [1.54, 1.807) is 0 Å². The van der Waals surface area contributed by atoms with Crippen LogP contribution >= 0.6 is 15.9 Å². The molecule has 0 atom stereocenters. The fourth-order valence-electron chi connectivity index (χ4n) is 1.14. The fraction of sp³-hybridized carbons (Fsp3) is 0.364. The fourth-order valence-corrected chi connectivity index (χ4v) is 1.46. The molecule has 0 saturated heterocycles. The lowest BCUT2D eigenvalue weighted by atomic mass is 10.2. The molecule has 0 aliphatic rings. The Hall–Kier alpha value is -1.21. The van der Waals surface area contributed by atoms with Crippen molar-refractivity contribution in [2.45, 2.75) is 13.8 Å². The molecule has 0 aliphatic carbocycles. The molecule has 0 saturated carbocycles. The number of guanidine groups is 1. The van der Waals surface area contributed by atoms with Gasteiger partial charge in [0.05, 0.1) is 10.2 Å². The van der Waals surface area contributed by atoms with Crippen LogP contribution in [-0.4, -0.2) is 12.5 Å². The summed E-state index contributed by atoms with van der Waals surface area (Å²) in [5.41, 5.74) is 2.27. The molecule has 0 fully saturated rings. The monoisotopic (exact) mass is 320 g/mol. The van der Waals surface area contributed by atoms with Crippen LogP contribution in [0.2, 0.25) is 0 Å². The van der Waals surface area contributed by atoms with E-state index in [-0.39, 0.29) is 16.1 Å². The van der Waals surface area contributed by atoms with Crippen molar-refractivity contribution in [2.75, 3.05) is 11.9 Å². The van der Waals surface area contributed by atoms with Gasteiger partial charge in [0.25, 0.3) is 0 Å². The lowest BCUT2D eigenvalue weighted by molar-refractivity contribution is 0.597. The van der Waals surface area contributed by atoms with E-state index in [2.05, 4.69) is 31.7 Å². The van der Waals surface area contributed by atoms with Crippen LogP contribution < -0.4 is 16.6 Å². The third-order valence-electron chi connectivity index (χ3n) is 2.01. The summed E-state index contributed by atoms with van der Waals surface area (Å²) in [5.74, 6) is 4.60. The maximum absolute atomic E-state index is 13.5. The molecule has 0 bridgehead atoms. The molecule has 7 heteroatoms. The van der Waals surface area contributed by atoms with Crippen molar-refractivity contribution in [3.05, 3.63) is 28.2 Å². The smallest absolute Gasteiger partial charge is 0.210 e. The van der Waals surface area contributed by atoms with E-state index in [1.165, 1.54) is 0 Å². The Balaban J connectivity index is 2.88. The van der Waals surface area contributed by atoms with Crippen molar-refractivity contribution >= 4 is 27.6 Å². The van der Waals surface area contributed by atoms with Gasteiger partial charge in [0, 0.05) is 12.6 Å². The molecule has 4 N–H and O–H groups in total. The van der Waals surface area contributed by atoms with Gasteiger partial charge in [0.1, 0.15) is 11.6 Å². The van der Waals surface area contributed by atoms with Crippen LogP contribution in [0.1, 0.15) is 13.8 Å². The topological polar surface area (TPSA) is 62.4 Å². The van der Waals surface area contributed by atoms with Crippen molar-refractivity contribution in [3.8, 4) is 0 Å². The van der Waals surface area contributed by atoms with Crippen LogP contribution in [0, 0.1) is 17.6 Å². The summed E-state index contributed by atoms with van der Waals surface area (Å²) >= 11 is 2.90. The molecule has 18 heavy (non-hydrogen) atoms. The minimum atomic E-state index is -0.601. The van der Waals surface area contributed by atoms with Gasteiger partial charge in [-0.05, 0) is 27.9 Å². The minimum absolute atomic E-state index is 0.0313. The average molecular weight is 321 g/mol. The first-order chi connectivity index (χ1) is 8.43. The number of aliphatic imine (C=N–C) groups is 1. The van der Waals surface area contributed by atoms with E-state index in [0.29, 0.717) is 12.5 Å². The number of nitrogens with zero attached hydrogens (tertiary/aromatic N) is 1. The number of hydrogen-bond donors (Lipinski definition) is 3. The summed E-state index contributed by atoms with van der Waals surface area (Å²) in [6.07, 6.45) is 0. The molecule has 0 aromatic heterocycles. The first-order valence-electron chi connectivity index (χ1n) is 5.36. The zero-order valence-corrected chi connectivity index (χ0v) is 11.7. The van der Waals surface area contributed by atoms with Gasteiger partial charge in [0.15, 0.2) is 0 Å². The highest BCUT2D eigenvalue weighted by molar-refractivity contribution is 9.10. The maximum Gasteiger partial charge on any atom is 0.210 e. The van der Waals surface area contributed by atoms with Crippen molar-refractivity contribution in [1.82, 2.24) is 5.43 Å². The molecule has 1 aromatic carbocycles. The molecular weight excluding hydrogens is 306 g/mol. The Bertz CT molecular complexity index is 449. The van der Waals surface area contributed by atoms with Crippen LogP contribution in [0.3, 0.4) is 0 Å². The number of hydrogen-bond acceptors (Lipinski definition) is 2. The summed E-state index contributed by atoms with van der Waals surface area (Å²) in [6.45, 7) is 4.49. The number of rotatable bonds is 3. The first-order valence-corrected chi connectivity index (χ1v) is 6.16. The van der Waals surface area contributed by atoms with Gasteiger partial charge < -0.3 is 5.32 Å². The van der Waals surface area contributed by atoms with Gasteiger partial charge in [-0.3, -0.25) is 10.4 Å². The quantitative estimate of drug-likeness (QED) is 0.264. The highest BCUT2D eigenvalue weighted by atomic mass is 79.9. The Morgan fingerprint density at radius 1 is 1.39 bits per heavy atom. The van der Waals surface area contributed by atoms with E-state index >= 15 is 0 Å². The van der Waals surface area contributed by atoms with Crippen LogP contribution in [0.5, 0.6) is 0 Å². The number of nitrogens with one attached hydrogen (secondary N) is 2. The largest absolute Gasteiger partial charge is 0.323 e. The molecule has 0 spiro atoms. The van der Waals surface area contributed by atoms with Crippen LogP contribution in [0.4, 0.5) is 14.5 Å². The second-order valence-corrected chi connectivity index (χ2v) is 4.95. The SMILES string of the molecule is CC(C)CN=C(NN)Nc1cc(F)c(Br)cc1F. The Kier molecular flexibility index (Phi) is 5.49. The maximum atomic E-state index is 13.5. The molecule has 100 valence electrons. The predicted molar refractivity (Wildman–Crippen MR) is 72.1 cm³/mol. The summed E-state index contributed by atoms with van der Waals surface area (Å²) < 4.78 is 26.9. The molecule has 1 aromatic rings. The minimum Gasteiger partial charge on any atom is -0.323 e. The summed E-state index contributed by atoms with van der Waals surface area (Å²) in [4.78, 5) is 4.10. The third-order valence-corrected chi connectivity index (χ3v) is 2.62. The second kappa shape index (κ2) is 6.65. The lowest BCUT2D eigenvalue weighted by Gasteiger charge is -2.11. The van der Waals surface area contributed by atoms with E-state index in [0.717, 1.165) is 12.1 Å². The normalized spacial score (nSPS) is 11.8. The Morgan fingerprint density at radius 3 is 2.61 bits per heavy atom. The van der Waals surface area contributed by atoms with Crippen LogP contribution in [0.15, 0.2) is 21.6 Å². The van der Waals surface area contributed by atoms with Gasteiger partial charge in [0.2, 0.25) is 5.96 Å². The van der Waals surface area contributed by atoms with E-state index in [1.807, 2.05) is 13.8 Å². The summed E-state index contributed by atoms with van der Waals surface area (Å²) in [6, 6.07) is 2.07. The molecule has 0 heterocycles. The number of anilines is 1. The molecular formula is C11H15BrF2N4. The average Bonchev–Trinajstić information content (AvgIpc) is 2.30. The molecule has 0 aliphatic heterocycles. The van der Waals surface area contributed by atoms with Crippen LogP contribution in [0.25, 0.3) is 0 Å². The Morgan fingerprint density at radius 2 is 2.06 bits per heavy atom. The van der Waals surface area contributed by atoms with Gasteiger partial charge in [-0.25, -0.2) is 14.6 Å². The molecule has 0 amide bonds. The van der Waals surface area contributed by atoms with Gasteiger partial charge >= 0.3 is 0 Å². The number of benzene rings is 1. The van der Waals surface area contributed by atoms with E-state index < -0.39 is 11.6 Å². The van der Waals surface area contributed by atoms with Crippen LogP contribution in [-0.2, 0) is 0 Å². The van der Waals surface area contributed by atoms with Crippen molar-refractivity contribution in [2.24, 2.45) is 16.8 Å². The molecule has 4 nitrogen and oxygen atoms in total. The summed E-state index contributed by atoms with van der Waals surface area (Å²) in [5, 5.41) is 2.60. The van der Waals surface area contributed by atoms with E-state index in [9.17, 15) is 8.78 Å². The number of nitrogens with two attached hydrogens (primary N) is 1. The van der Waals surface area contributed by atoms with Crippen molar-refractivity contribution < 1.29 is 8.78 Å². The lowest BCUT2D eigenvalue weighted by Crippen LogP contribution is -2.36. The first kappa shape index (κ1) is 14.8. The van der Waals surface area contributed by atoms with Crippen molar-refractivity contribution in [3.63, 3.8) is 0 Å². The van der Waals surface area contributed by atoms with E-state index in [4.69, 9.17) is 5.84 Å². The third kappa shape index (κ3) is 4.23. The summed E-state index contributed by atoms with van der Waals surface area (Å²) in [7, 11) is 0. The predicted octanol–water partition coefficient (Wildman–Crippen LogP) is 2.61. The number of halogens is 3. The van der Waals surface area contributed by atoms with Gasteiger partial charge in [-0.1, -0.05) is 13.8 Å². The van der Waals surface area contributed by atoms with Gasteiger partial charge in [-0.15, -0.1) is 0 Å².